The summed E-state index contributed by atoms with van der Waals surface area (Å²) in [6.45, 7) is 2.65. The summed E-state index contributed by atoms with van der Waals surface area (Å²) in [6.07, 6.45) is 0. The molecule has 120 valence electrons. The van der Waals surface area contributed by atoms with Crippen LogP contribution in [0.3, 0.4) is 0 Å². The second-order valence-electron chi connectivity index (χ2n) is 5.57. The van der Waals surface area contributed by atoms with Crippen molar-refractivity contribution in [2.75, 3.05) is 6.61 Å². The fraction of sp³-hybridized carbons (Fsp3) is 0.158. The maximum absolute atomic E-state index is 12.7. The van der Waals surface area contributed by atoms with Gasteiger partial charge in [-0.3, -0.25) is 9.36 Å². The van der Waals surface area contributed by atoms with Crippen molar-refractivity contribution in [2.45, 2.75) is 13.7 Å². The predicted octanol–water partition coefficient (Wildman–Crippen LogP) is 3.66. The largest absolute Gasteiger partial charge is 0.494 e. The Morgan fingerprint density at radius 1 is 1.12 bits per heavy atom. The molecule has 0 bridgehead atoms. The van der Waals surface area contributed by atoms with Gasteiger partial charge in [-0.25, -0.2) is 4.99 Å². The Bertz CT molecular complexity index is 985. The van der Waals surface area contributed by atoms with Crippen molar-refractivity contribution in [1.82, 2.24) is 4.57 Å². The molecule has 0 atom stereocenters. The number of ether oxygens (including phenoxy) is 1. The van der Waals surface area contributed by atoms with E-state index in [4.69, 9.17) is 4.74 Å². The van der Waals surface area contributed by atoms with Gasteiger partial charge in [0, 0.05) is 17.6 Å². The molecule has 2 heterocycles. The first-order valence-corrected chi connectivity index (χ1v) is 7.83. The lowest BCUT2D eigenvalue weighted by atomic mass is 10.0. The molecule has 1 aliphatic heterocycles. The van der Waals surface area contributed by atoms with E-state index in [-0.39, 0.29) is 24.1 Å². The van der Waals surface area contributed by atoms with Gasteiger partial charge in [0.25, 0.3) is 0 Å². The lowest BCUT2D eigenvalue weighted by molar-refractivity contribution is 0.0855. The van der Waals surface area contributed by atoms with Gasteiger partial charge in [-0.2, -0.15) is 0 Å². The molecule has 0 amide bonds. The maximum atomic E-state index is 12.7. The number of hydrogen-bond acceptors (Lipinski definition) is 4. The summed E-state index contributed by atoms with van der Waals surface area (Å²) >= 11 is 0. The topological polar surface area (TPSA) is 63.8 Å². The first kappa shape index (κ1) is 14.7. The highest BCUT2D eigenvalue weighted by atomic mass is 16.5. The molecule has 24 heavy (non-hydrogen) atoms. The third-order valence-electron chi connectivity index (χ3n) is 4.20. The van der Waals surface area contributed by atoms with Crippen LogP contribution in [-0.4, -0.2) is 27.8 Å². The quantitative estimate of drug-likeness (QED) is 0.798. The molecular formula is C19H16N2O3. The molecule has 0 saturated heterocycles. The molecule has 2 aromatic carbocycles. The molecule has 0 saturated carbocycles. The Balaban J connectivity index is 1.93. The zero-order valence-corrected chi connectivity index (χ0v) is 13.2. The molecule has 1 aromatic heterocycles. The summed E-state index contributed by atoms with van der Waals surface area (Å²) in [5, 5.41) is 11.5. The van der Waals surface area contributed by atoms with Gasteiger partial charge >= 0.3 is 0 Å². The molecule has 0 fully saturated rings. The number of rotatable bonds is 4. The Morgan fingerprint density at radius 3 is 2.67 bits per heavy atom. The number of ketones is 1. The summed E-state index contributed by atoms with van der Waals surface area (Å²) in [6, 6.07) is 14.8. The van der Waals surface area contributed by atoms with Gasteiger partial charge in [-0.15, -0.1) is 0 Å². The highest BCUT2D eigenvalue weighted by molar-refractivity contribution is 6.56. The van der Waals surface area contributed by atoms with E-state index in [1.165, 1.54) is 0 Å². The van der Waals surface area contributed by atoms with Crippen molar-refractivity contribution in [3.05, 3.63) is 59.7 Å². The lowest BCUT2D eigenvalue weighted by Crippen LogP contribution is -2.11. The third kappa shape index (κ3) is 2.06. The summed E-state index contributed by atoms with van der Waals surface area (Å²) < 4.78 is 7.11. The molecule has 0 spiro atoms. The van der Waals surface area contributed by atoms with E-state index in [1.807, 2.05) is 43.3 Å². The maximum Gasteiger partial charge on any atom is 0.214 e. The summed E-state index contributed by atoms with van der Waals surface area (Å²) in [5.41, 5.74) is 2.75. The van der Waals surface area contributed by atoms with Crippen LogP contribution in [0.2, 0.25) is 0 Å². The van der Waals surface area contributed by atoms with E-state index in [0.717, 1.165) is 10.9 Å². The van der Waals surface area contributed by atoms with Gasteiger partial charge < -0.3 is 9.84 Å². The molecule has 4 rings (SSSR count). The number of para-hydroxylation sites is 2. The minimum atomic E-state index is -0.166. The molecule has 0 radical (unpaired) electrons. The van der Waals surface area contributed by atoms with Crippen LogP contribution < -0.4 is 0 Å². The molecule has 1 aliphatic rings. The number of benzene rings is 2. The van der Waals surface area contributed by atoms with Crippen LogP contribution in [0.25, 0.3) is 10.9 Å². The van der Waals surface area contributed by atoms with Crippen molar-refractivity contribution >= 4 is 28.1 Å². The lowest BCUT2D eigenvalue weighted by Gasteiger charge is -2.06. The van der Waals surface area contributed by atoms with Crippen molar-refractivity contribution in [3.63, 3.8) is 0 Å². The molecule has 0 aliphatic carbocycles. The Labute approximate surface area is 138 Å². The van der Waals surface area contributed by atoms with Gasteiger partial charge in [0.2, 0.25) is 11.7 Å². The standard InChI is InChI=1S/C19H16N2O3/c1-2-24-11-21-15-10-6-4-8-13(15)16(19(21)23)17-18(22)12-7-3-5-9-14(12)20-17/h3-10,23H,2,11H2,1H3. The average molecular weight is 320 g/mol. The highest BCUT2D eigenvalue weighted by Gasteiger charge is 2.31. The van der Waals surface area contributed by atoms with Crippen LogP contribution >= 0.6 is 0 Å². The molecule has 5 nitrogen and oxygen atoms in total. The van der Waals surface area contributed by atoms with E-state index >= 15 is 0 Å². The van der Waals surface area contributed by atoms with Crippen LogP contribution in [-0.2, 0) is 11.5 Å². The minimum Gasteiger partial charge on any atom is -0.494 e. The molecule has 3 aromatic rings. The smallest absolute Gasteiger partial charge is 0.214 e. The van der Waals surface area contributed by atoms with Crippen molar-refractivity contribution < 1.29 is 14.6 Å². The summed E-state index contributed by atoms with van der Waals surface area (Å²) in [4.78, 5) is 17.2. The number of aromatic nitrogens is 1. The van der Waals surface area contributed by atoms with Crippen LogP contribution in [0.15, 0.2) is 53.5 Å². The van der Waals surface area contributed by atoms with E-state index in [1.54, 1.807) is 16.7 Å². The Kier molecular flexibility index (Phi) is 3.43. The van der Waals surface area contributed by atoms with Gasteiger partial charge in [-0.1, -0.05) is 30.3 Å². The van der Waals surface area contributed by atoms with E-state index in [9.17, 15) is 9.90 Å². The van der Waals surface area contributed by atoms with Gasteiger partial charge in [0.05, 0.1) is 16.8 Å². The monoisotopic (exact) mass is 320 g/mol. The minimum absolute atomic E-state index is 0.00422. The van der Waals surface area contributed by atoms with Crippen LogP contribution in [0.5, 0.6) is 5.88 Å². The zero-order valence-electron chi connectivity index (χ0n) is 13.2. The Morgan fingerprint density at radius 2 is 1.88 bits per heavy atom. The van der Waals surface area contributed by atoms with Crippen molar-refractivity contribution in [1.29, 1.82) is 0 Å². The first-order valence-electron chi connectivity index (χ1n) is 7.83. The van der Waals surface area contributed by atoms with E-state index in [2.05, 4.69) is 4.99 Å². The van der Waals surface area contributed by atoms with Crippen molar-refractivity contribution in [3.8, 4) is 5.88 Å². The van der Waals surface area contributed by atoms with Gasteiger partial charge in [0.15, 0.2) is 0 Å². The number of hydrogen-bond donors (Lipinski definition) is 1. The predicted molar refractivity (Wildman–Crippen MR) is 92.2 cm³/mol. The van der Waals surface area contributed by atoms with Crippen LogP contribution in [0.1, 0.15) is 22.8 Å². The fourth-order valence-corrected chi connectivity index (χ4v) is 3.07. The number of fused-ring (bicyclic) bond motifs is 2. The number of carbonyl (C=O) groups is 1. The SMILES string of the molecule is CCOCn1c(O)c(C2=Nc3ccccc3C2=O)c2ccccc21. The number of Topliss-reactive ketones (excluding diaryl/α,β-unsaturated/α-hetero) is 1. The highest BCUT2D eigenvalue weighted by Crippen LogP contribution is 2.37. The van der Waals surface area contributed by atoms with E-state index in [0.29, 0.717) is 23.4 Å². The molecule has 5 heteroatoms. The number of aliphatic imine (C=N–C) groups is 1. The molecular weight excluding hydrogens is 304 g/mol. The second-order valence-corrected chi connectivity index (χ2v) is 5.57. The normalized spacial score (nSPS) is 13.4. The van der Waals surface area contributed by atoms with Crippen molar-refractivity contribution in [2.24, 2.45) is 4.99 Å². The average Bonchev–Trinajstić information content (AvgIpc) is 3.07. The van der Waals surface area contributed by atoms with Crippen LogP contribution in [0.4, 0.5) is 5.69 Å². The molecule has 1 N–H and O–H groups in total. The second kappa shape index (κ2) is 5.62. The number of nitrogens with zero attached hydrogens (tertiary/aromatic N) is 2. The number of carbonyl (C=O) groups excluding carboxylic acids is 1. The summed E-state index contributed by atoms with van der Waals surface area (Å²) in [5.74, 6) is -0.162. The fourth-order valence-electron chi connectivity index (χ4n) is 3.07. The van der Waals surface area contributed by atoms with Gasteiger partial charge in [0.1, 0.15) is 12.4 Å². The Hall–Kier alpha value is -2.92. The number of aromatic hydroxyl groups is 1. The zero-order chi connectivity index (χ0) is 16.7. The van der Waals surface area contributed by atoms with E-state index < -0.39 is 0 Å². The van der Waals surface area contributed by atoms with Gasteiger partial charge in [-0.05, 0) is 25.1 Å². The summed E-state index contributed by atoms with van der Waals surface area (Å²) in [7, 11) is 0. The first-order chi connectivity index (χ1) is 11.7. The van der Waals surface area contributed by atoms with Crippen LogP contribution in [0, 0.1) is 0 Å². The molecule has 0 unspecified atom stereocenters. The third-order valence-corrected chi connectivity index (χ3v) is 4.20.